The minimum atomic E-state index is -1.86. The van der Waals surface area contributed by atoms with Crippen molar-refractivity contribution in [1.82, 2.24) is 26.3 Å². The lowest BCUT2D eigenvalue weighted by atomic mass is 9.83. The van der Waals surface area contributed by atoms with E-state index in [0.29, 0.717) is 34.5 Å². The van der Waals surface area contributed by atoms with Crippen LogP contribution in [-0.4, -0.2) is 153 Å². The number of ether oxygens (including phenoxy) is 6. The van der Waals surface area contributed by atoms with Gasteiger partial charge in [0, 0.05) is 83.4 Å². The molecule has 2 aromatic carbocycles. The number of rotatable bonds is 21. The molecule has 0 spiro atoms. The lowest BCUT2D eigenvalue weighted by Gasteiger charge is -2.42. The molecule has 4 aliphatic heterocycles. The minimum absolute atomic E-state index is 0.0103. The first-order valence-electron chi connectivity index (χ1n) is 27.8. The fourth-order valence-electron chi connectivity index (χ4n) is 10.3. The predicted molar refractivity (Wildman–Crippen MR) is 305 cm³/mol. The number of fused-ring (bicyclic) bond motifs is 5. The molecule has 4 bridgehead atoms. The van der Waals surface area contributed by atoms with E-state index in [2.05, 4.69) is 31.9 Å². The van der Waals surface area contributed by atoms with E-state index in [1.165, 1.54) is 39.5 Å². The van der Waals surface area contributed by atoms with Crippen LogP contribution in [0.3, 0.4) is 0 Å². The van der Waals surface area contributed by atoms with Gasteiger partial charge in [0.2, 0.25) is 17.7 Å². The van der Waals surface area contributed by atoms with Crippen molar-refractivity contribution >= 4 is 82.4 Å². The average Bonchev–Trinajstić information content (AvgIpc) is 1.72. The molecule has 0 saturated carbocycles. The van der Waals surface area contributed by atoms with E-state index < -0.39 is 113 Å². The van der Waals surface area contributed by atoms with Crippen LogP contribution in [0, 0.1) is 11.8 Å². The van der Waals surface area contributed by atoms with Gasteiger partial charge in [-0.1, -0.05) is 56.2 Å². The highest BCUT2D eigenvalue weighted by Crippen LogP contribution is 2.49. The molecule has 4 heterocycles. The molecule has 9 N–H and O–H groups in total. The first-order valence-corrected chi connectivity index (χ1v) is 28.2. The molecular formula is C57H78ClN9O17. The Kier molecular flexibility index (Phi) is 22.8. The largest absolute Gasteiger partial charge is 0.495 e. The van der Waals surface area contributed by atoms with Gasteiger partial charge in [-0.15, -0.1) is 5.06 Å². The van der Waals surface area contributed by atoms with Crippen molar-refractivity contribution in [2.45, 2.75) is 153 Å². The summed E-state index contributed by atoms with van der Waals surface area (Å²) in [6.45, 7) is 9.33. The highest BCUT2D eigenvalue weighted by molar-refractivity contribution is 6.34. The first-order chi connectivity index (χ1) is 39.8. The van der Waals surface area contributed by atoms with Crippen LogP contribution in [-0.2, 0) is 59.0 Å². The number of aliphatic hydroxyl groups is 1. The number of epoxide rings is 1. The Labute approximate surface area is 492 Å². The van der Waals surface area contributed by atoms with Crippen LogP contribution in [0.4, 0.5) is 31.4 Å². The number of unbranched alkanes of at least 4 members (excludes halogenated alkanes) is 1. The van der Waals surface area contributed by atoms with Gasteiger partial charge in [0.25, 0.3) is 11.8 Å². The highest BCUT2D eigenvalue weighted by atomic mass is 35.5. The van der Waals surface area contributed by atoms with Gasteiger partial charge in [-0.25, -0.2) is 19.2 Å². The smallest absolute Gasteiger partial charge is 0.412 e. The van der Waals surface area contributed by atoms with Gasteiger partial charge in [0.1, 0.15) is 52.5 Å². The third-order valence-corrected chi connectivity index (χ3v) is 15.4. The second-order valence-electron chi connectivity index (χ2n) is 21.8. The number of methoxy groups -OCH3 is 3. The van der Waals surface area contributed by atoms with Crippen molar-refractivity contribution in [3.63, 3.8) is 0 Å². The van der Waals surface area contributed by atoms with E-state index >= 15 is 0 Å². The van der Waals surface area contributed by atoms with Crippen molar-refractivity contribution in [3.8, 4) is 11.5 Å². The standard InChI is InChI=1S/C57H78ClN9O17/c1-31(2)49(64-44(68)17-10-11-18-47(71)84-67-45(69)21-22-46(67)70)52(73)63-37(15-13-24-60-53(59)74)51(72)62-36-20-19-35(29-39(36)78-7)61-54(75)82-42-23-25-66(6)38-27-34(28-40(79-8)48(38)58)26-32(3)14-12-16-43(80-9)57(77)30-41(81-55(76)65-57)33(4)50-56(42,5)83-50/h12,14,16,19-20,27-29,31,33,37,41-43,49-50,77H,10-11,13,15,17-18,21-26,30H2,1-9H3,(H,61,75)(H,62,72)(H,63,73)(H,64,68)(H,65,76)(H3,59,60,74)/b16-12+,32-14+/t33-,37+,41+,42+,43-,49+,50+,56+,57+/m1/s1. The van der Waals surface area contributed by atoms with Crippen LogP contribution in [0.1, 0.15) is 104 Å². The molecule has 460 valence electrons. The Morgan fingerprint density at radius 1 is 0.940 bits per heavy atom. The van der Waals surface area contributed by atoms with E-state index in [1.807, 2.05) is 44.0 Å². The molecule has 6 rings (SSSR count). The van der Waals surface area contributed by atoms with Crippen LogP contribution in [0.5, 0.6) is 11.5 Å². The van der Waals surface area contributed by atoms with Gasteiger partial charge in [0.05, 0.1) is 31.7 Å². The summed E-state index contributed by atoms with van der Waals surface area (Å²) in [5.74, 6) is -4.33. The third-order valence-electron chi connectivity index (χ3n) is 15.0. The Hall–Kier alpha value is -7.68. The van der Waals surface area contributed by atoms with E-state index in [-0.39, 0.29) is 87.9 Å². The number of urea groups is 1. The number of nitrogens with one attached hydrogen (secondary N) is 6. The van der Waals surface area contributed by atoms with Crippen LogP contribution in [0.25, 0.3) is 0 Å². The topological polar surface area (TPSA) is 346 Å². The molecule has 3 saturated heterocycles. The summed E-state index contributed by atoms with van der Waals surface area (Å²) in [4.78, 5) is 122. The molecule has 84 heavy (non-hydrogen) atoms. The van der Waals surface area contributed by atoms with Gasteiger partial charge in [-0.2, -0.15) is 0 Å². The van der Waals surface area contributed by atoms with Gasteiger partial charge in [-0.05, 0) is 81.7 Å². The number of hydrogen-bond donors (Lipinski definition) is 8. The van der Waals surface area contributed by atoms with Crippen LogP contribution >= 0.6 is 11.6 Å². The summed E-state index contributed by atoms with van der Waals surface area (Å²) in [5.41, 5.74) is 5.13. The SMILES string of the molecule is COc1cc(NC(=O)O[C@H]2CCN(C)c3cc(cc(OC)c3Cl)C/C(C)=C/C=C/[C@@H](OC)[C@@]3(O)C[C@H](OC(=O)N3)[C@@H](C)[C@@H]3O[C@@]23C)ccc1NC(=O)[C@H](CCCNC(N)=O)NC(=O)[C@@H](NC(=O)CCCCC(=O)ON1C(=O)CCC1=O)C(C)C. The predicted octanol–water partition coefficient (Wildman–Crippen LogP) is 5.04. The van der Waals surface area contributed by atoms with E-state index in [4.69, 9.17) is 50.6 Å². The van der Waals surface area contributed by atoms with E-state index in [1.54, 1.807) is 32.9 Å². The summed E-state index contributed by atoms with van der Waals surface area (Å²) >= 11 is 6.92. The molecule has 9 atom stereocenters. The Morgan fingerprint density at radius 2 is 1.64 bits per heavy atom. The normalized spacial score (nSPS) is 25.0. The summed E-state index contributed by atoms with van der Waals surface area (Å²) in [7, 11) is 6.15. The Bertz CT molecular complexity index is 2840. The maximum absolute atomic E-state index is 14.1. The number of carbonyl (C=O) groups excluding carboxylic acids is 9. The number of anilines is 3. The number of nitrogens with zero attached hydrogens (tertiary/aromatic N) is 2. The lowest BCUT2D eigenvalue weighted by molar-refractivity contribution is -0.197. The van der Waals surface area contributed by atoms with Crippen LogP contribution in [0.2, 0.25) is 5.02 Å². The molecule has 0 unspecified atom stereocenters. The maximum Gasteiger partial charge on any atom is 0.412 e. The molecule has 0 aromatic heterocycles. The summed E-state index contributed by atoms with van der Waals surface area (Å²) in [5, 5.41) is 28.6. The van der Waals surface area contributed by atoms with Crippen LogP contribution in [0.15, 0.2) is 54.1 Å². The Balaban J connectivity index is 1.15. The van der Waals surface area contributed by atoms with Crippen molar-refractivity contribution in [3.05, 3.63) is 64.7 Å². The van der Waals surface area contributed by atoms with E-state index in [9.17, 15) is 48.3 Å². The van der Waals surface area contributed by atoms with Crippen molar-refractivity contribution in [1.29, 1.82) is 0 Å². The molecular weight excluding hydrogens is 1120 g/mol. The quantitative estimate of drug-likeness (QED) is 0.0461. The van der Waals surface area contributed by atoms with Gasteiger partial charge < -0.3 is 70.3 Å². The monoisotopic (exact) mass is 1200 g/mol. The molecule has 27 heteroatoms. The zero-order valence-corrected chi connectivity index (χ0v) is 49.5. The average molecular weight is 1200 g/mol. The molecule has 4 aliphatic rings. The van der Waals surface area contributed by atoms with Crippen molar-refractivity contribution < 1.29 is 81.5 Å². The molecule has 3 fully saturated rings. The number of alkyl carbamates (subject to hydrolysis) is 1. The fourth-order valence-corrected chi connectivity index (χ4v) is 10.6. The number of allylic oxidation sites excluding steroid dienone is 3. The fraction of sp³-hybridized carbons (Fsp3) is 0.561. The Morgan fingerprint density at radius 3 is 2.31 bits per heavy atom. The molecule has 2 aromatic rings. The lowest BCUT2D eigenvalue weighted by Crippen LogP contribution is -2.63. The van der Waals surface area contributed by atoms with Crippen molar-refractivity contribution in [2.75, 3.05) is 57.0 Å². The molecule has 0 radical (unpaired) electrons. The highest BCUT2D eigenvalue weighted by Gasteiger charge is 2.64. The van der Waals surface area contributed by atoms with Crippen LogP contribution < -0.4 is 52.0 Å². The third kappa shape index (κ3) is 17.2. The molecule has 0 aliphatic carbocycles. The van der Waals surface area contributed by atoms with Gasteiger partial charge in [-0.3, -0.25) is 34.6 Å². The summed E-state index contributed by atoms with van der Waals surface area (Å²) in [6.07, 6.45) is 1.10. The zero-order valence-electron chi connectivity index (χ0n) is 48.8. The summed E-state index contributed by atoms with van der Waals surface area (Å²) < 4.78 is 35.4. The second-order valence-corrected chi connectivity index (χ2v) is 22.2. The number of carbonyl (C=O) groups is 9. The number of halogens is 1. The zero-order chi connectivity index (χ0) is 61.6. The number of hydroxylamine groups is 2. The number of amides is 9. The number of primary amides is 1. The second kappa shape index (κ2) is 29.2. The number of benzene rings is 2. The van der Waals surface area contributed by atoms with Gasteiger partial charge >= 0.3 is 24.2 Å². The van der Waals surface area contributed by atoms with Gasteiger partial charge in [0.15, 0.2) is 5.72 Å². The molecule has 26 nitrogen and oxygen atoms in total. The number of nitrogens with two attached hydrogens (primary N) is 1. The summed E-state index contributed by atoms with van der Waals surface area (Å²) in [6, 6.07) is 5.09. The maximum atomic E-state index is 14.1. The first kappa shape index (κ1) is 65.5. The molecule has 9 amide bonds. The van der Waals surface area contributed by atoms with E-state index in [0.717, 1.165) is 11.1 Å². The number of hydrogen-bond acceptors (Lipinski definition) is 18. The number of imide groups is 1. The minimum Gasteiger partial charge on any atom is -0.495 e. The van der Waals surface area contributed by atoms with Crippen molar-refractivity contribution in [2.24, 2.45) is 17.6 Å².